The Balaban J connectivity index is 0.00000289. The molecule has 0 unspecified atom stereocenters. The van der Waals surface area contributed by atoms with Crippen LogP contribution in [0.3, 0.4) is 0 Å². The minimum Gasteiger partial charge on any atom is -0.357 e. The zero-order chi connectivity index (χ0) is 12.3. The Morgan fingerprint density at radius 3 is 2.67 bits per heavy atom. The molecule has 0 fully saturated rings. The Bertz CT molecular complexity index is 249. The van der Waals surface area contributed by atoms with Crippen molar-refractivity contribution in [2.45, 2.75) is 38.6 Å². The molecular formula is C13H26IN3S. The molecule has 5 heteroatoms. The second-order valence-corrected chi connectivity index (χ2v) is 5.23. The largest absolute Gasteiger partial charge is 0.357 e. The molecule has 0 radical (unpaired) electrons. The number of aliphatic imine (C=N–C) groups is 1. The smallest absolute Gasteiger partial charge is 0.191 e. The van der Waals surface area contributed by atoms with Gasteiger partial charge in [-0.2, -0.15) is 11.8 Å². The molecule has 0 aromatic carbocycles. The summed E-state index contributed by atoms with van der Waals surface area (Å²) in [6.45, 7) is 3.96. The summed E-state index contributed by atoms with van der Waals surface area (Å²) in [4.78, 5) is 4.61. The molecule has 0 saturated carbocycles. The van der Waals surface area contributed by atoms with E-state index in [0.29, 0.717) is 6.04 Å². The summed E-state index contributed by atoms with van der Waals surface area (Å²) in [5.41, 5.74) is 0. The van der Waals surface area contributed by atoms with E-state index >= 15 is 0 Å². The van der Waals surface area contributed by atoms with Crippen molar-refractivity contribution in [3.8, 4) is 0 Å². The summed E-state index contributed by atoms with van der Waals surface area (Å²) < 4.78 is 0. The normalized spacial score (nSPS) is 15.6. The molecule has 0 aromatic rings. The number of halogens is 1. The maximum atomic E-state index is 4.61. The molecule has 0 aliphatic heterocycles. The van der Waals surface area contributed by atoms with Gasteiger partial charge in [0.15, 0.2) is 5.96 Å². The van der Waals surface area contributed by atoms with Crippen molar-refractivity contribution in [3.05, 3.63) is 12.2 Å². The van der Waals surface area contributed by atoms with E-state index in [-0.39, 0.29) is 24.0 Å². The topological polar surface area (TPSA) is 36.4 Å². The predicted octanol–water partition coefficient (Wildman–Crippen LogP) is 3.02. The highest BCUT2D eigenvalue weighted by Gasteiger charge is 2.10. The number of rotatable bonds is 7. The number of hydrogen-bond acceptors (Lipinski definition) is 2. The van der Waals surface area contributed by atoms with Crippen LogP contribution in [0.15, 0.2) is 17.1 Å². The van der Waals surface area contributed by atoms with Gasteiger partial charge in [0.1, 0.15) is 0 Å². The fourth-order valence-corrected chi connectivity index (χ4v) is 2.29. The maximum Gasteiger partial charge on any atom is 0.191 e. The number of hydrogen-bond donors (Lipinski definition) is 2. The first-order valence-corrected chi connectivity index (χ1v) is 7.95. The Hall–Kier alpha value is 0.0900. The van der Waals surface area contributed by atoms with Crippen LogP contribution in [0.25, 0.3) is 0 Å². The summed E-state index contributed by atoms with van der Waals surface area (Å²) in [6, 6.07) is 0.541. The first kappa shape index (κ1) is 18.1. The van der Waals surface area contributed by atoms with Crippen molar-refractivity contribution in [3.63, 3.8) is 0 Å². The lowest BCUT2D eigenvalue weighted by molar-refractivity contribution is 0.632. The van der Waals surface area contributed by atoms with Crippen LogP contribution < -0.4 is 10.6 Å². The van der Waals surface area contributed by atoms with Gasteiger partial charge < -0.3 is 10.6 Å². The van der Waals surface area contributed by atoms with Gasteiger partial charge in [-0.05, 0) is 44.6 Å². The SMILES string of the molecule is CCNC(=NCCCCSC)NC1CC=CC1.I. The monoisotopic (exact) mass is 383 g/mol. The molecule has 0 amide bonds. The van der Waals surface area contributed by atoms with Gasteiger partial charge in [-0.1, -0.05) is 12.2 Å². The van der Waals surface area contributed by atoms with E-state index in [1.165, 1.54) is 18.6 Å². The number of nitrogens with zero attached hydrogens (tertiary/aromatic N) is 1. The Morgan fingerprint density at radius 1 is 1.33 bits per heavy atom. The molecule has 106 valence electrons. The molecule has 18 heavy (non-hydrogen) atoms. The van der Waals surface area contributed by atoms with Crippen molar-refractivity contribution >= 4 is 41.7 Å². The number of unbranched alkanes of at least 4 members (excludes halogenated alkanes) is 1. The van der Waals surface area contributed by atoms with Crippen LogP contribution in [0.2, 0.25) is 0 Å². The third-order valence-electron chi connectivity index (χ3n) is 2.72. The van der Waals surface area contributed by atoms with Crippen LogP contribution in [0, 0.1) is 0 Å². The number of nitrogens with one attached hydrogen (secondary N) is 2. The molecular weight excluding hydrogens is 357 g/mol. The van der Waals surface area contributed by atoms with Gasteiger partial charge in [-0.25, -0.2) is 0 Å². The minimum atomic E-state index is 0. The van der Waals surface area contributed by atoms with Crippen LogP contribution in [0.4, 0.5) is 0 Å². The van der Waals surface area contributed by atoms with E-state index in [0.717, 1.165) is 31.9 Å². The van der Waals surface area contributed by atoms with Crippen LogP contribution >= 0.6 is 35.7 Å². The van der Waals surface area contributed by atoms with Crippen molar-refractivity contribution in [1.29, 1.82) is 0 Å². The van der Waals surface area contributed by atoms with E-state index in [9.17, 15) is 0 Å². The second-order valence-electron chi connectivity index (χ2n) is 4.24. The van der Waals surface area contributed by atoms with Crippen molar-refractivity contribution in [2.75, 3.05) is 25.1 Å². The van der Waals surface area contributed by atoms with E-state index < -0.39 is 0 Å². The van der Waals surface area contributed by atoms with E-state index in [1.807, 2.05) is 11.8 Å². The Morgan fingerprint density at radius 2 is 2.06 bits per heavy atom. The van der Waals surface area contributed by atoms with Crippen LogP contribution in [0.5, 0.6) is 0 Å². The lowest BCUT2D eigenvalue weighted by Gasteiger charge is -2.16. The number of thioether (sulfide) groups is 1. The standard InChI is InChI=1S/C13H25N3S.HI/c1-3-14-13(15-10-6-7-11-17-2)16-12-8-4-5-9-12;/h4-5,12H,3,6-11H2,1-2H3,(H2,14,15,16);1H. The fourth-order valence-electron chi connectivity index (χ4n) is 1.80. The second kappa shape index (κ2) is 12.1. The van der Waals surface area contributed by atoms with Gasteiger partial charge in [0.2, 0.25) is 0 Å². The molecule has 0 spiro atoms. The fraction of sp³-hybridized carbons (Fsp3) is 0.769. The molecule has 1 aliphatic rings. The lowest BCUT2D eigenvalue weighted by Crippen LogP contribution is -2.42. The number of guanidine groups is 1. The van der Waals surface area contributed by atoms with Gasteiger partial charge in [-0.3, -0.25) is 4.99 Å². The third kappa shape index (κ3) is 8.24. The average molecular weight is 383 g/mol. The van der Waals surface area contributed by atoms with Gasteiger partial charge in [0, 0.05) is 19.1 Å². The minimum absolute atomic E-state index is 0. The maximum absolute atomic E-state index is 4.61. The molecule has 2 N–H and O–H groups in total. The summed E-state index contributed by atoms with van der Waals surface area (Å²) in [5, 5.41) is 6.79. The zero-order valence-corrected chi connectivity index (χ0v) is 14.6. The highest BCUT2D eigenvalue weighted by Crippen LogP contribution is 2.08. The third-order valence-corrected chi connectivity index (χ3v) is 3.42. The molecule has 3 nitrogen and oxygen atoms in total. The molecule has 0 bridgehead atoms. The van der Waals surface area contributed by atoms with Crippen molar-refractivity contribution in [2.24, 2.45) is 4.99 Å². The predicted molar refractivity (Wildman–Crippen MR) is 94.3 cm³/mol. The molecule has 0 atom stereocenters. The summed E-state index contributed by atoms with van der Waals surface area (Å²) >= 11 is 1.91. The summed E-state index contributed by atoms with van der Waals surface area (Å²) in [7, 11) is 0. The van der Waals surface area contributed by atoms with Crippen LogP contribution in [-0.2, 0) is 0 Å². The van der Waals surface area contributed by atoms with Gasteiger partial charge in [0.25, 0.3) is 0 Å². The van der Waals surface area contributed by atoms with E-state index in [1.54, 1.807) is 0 Å². The zero-order valence-electron chi connectivity index (χ0n) is 11.4. The Kier molecular flexibility index (Phi) is 12.2. The lowest BCUT2D eigenvalue weighted by atomic mass is 10.2. The van der Waals surface area contributed by atoms with E-state index in [2.05, 4.69) is 41.0 Å². The molecule has 0 saturated heterocycles. The van der Waals surface area contributed by atoms with Crippen LogP contribution in [-0.4, -0.2) is 37.1 Å². The highest BCUT2D eigenvalue weighted by atomic mass is 127. The van der Waals surface area contributed by atoms with Gasteiger partial charge in [-0.15, -0.1) is 24.0 Å². The Labute approximate surface area is 133 Å². The summed E-state index contributed by atoms with van der Waals surface area (Å²) in [6.07, 6.45) is 11.3. The average Bonchev–Trinajstić information content (AvgIpc) is 2.82. The van der Waals surface area contributed by atoms with Crippen molar-refractivity contribution in [1.82, 2.24) is 10.6 Å². The molecule has 0 heterocycles. The summed E-state index contributed by atoms with van der Waals surface area (Å²) in [5.74, 6) is 2.22. The quantitative estimate of drug-likeness (QED) is 0.233. The van der Waals surface area contributed by atoms with Crippen molar-refractivity contribution < 1.29 is 0 Å². The molecule has 1 aliphatic carbocycles. The molecule has 0 aromatic heterocycles. The van der Waals surface area contributed by atoms with E-state index in [4.69, 9.17) is 0 Å². The van der Waals surface area contributed by atoms with Gasteiger partial charge >= 0.3 is 0 Å². The molecule has 1 rings (SSSR count). The first-order chi connectivity index (χ1) is 8.36. The van der Waals surface area contributed by atoms with Crippen LogP contribution in [0.1, 0.15) is 32.6 Å². The highest BCUT2D eigenvalue weighted by molar-refractivity contribution is 14.0. The van der Waals surface area contributed by atoms with Gasteiger partial charge in [0.05, 0.1) is 0 Å². The first-order valence-electron chi connectivity index (χ1n) is 6.55.